The molecule has 3 fully saturated rings. The predicted octanol–water partition coefficient (Wildman–Crippen LogP) is 1.83. The van der Waals surface area contributed by atoms with Crippen LogP contribution in [0.1, 0.15) is 38.5 Å². The Balaban J connectivity index is 1.59. The van der Waals surface area contributed by atoms with E-state index in [9.17, 15) is 4.79 Å². The second-order valence-electron chi connectivity index (χ2n) is 6.40. The molecule has 0 aromatic heterocycles. The molecule has 6 unspecified atom stereocenters. The van der Waals surface area contributed by atoms with Crippen molar-refractivity contribution in [1.29, 1.82) is 0 Å². The average Bonchev–Trinajstić information content (AvgIpc) is 3.00. The van der Waals surface area contributed by atoms with Crippen molar-refractivity contribution >= 4 is 5.91 Å². The molecule has 0 spiro atoms. The summed E-state index contributed by atoms with van der Waals surface area (Å²) in [5, 5.41) is 3.20. The Morgan fingerprint density at radius 2 is 2.11 bits per heavy atom. The lowest BCUT2D eigenvalue weighted by Crippen LogP contribution is -2.48. The lowest BCUT2D eigenvalue weighted by molar-refractivity contribution is -0.123. The standard InChI is InChI=1S/C15H24N2O/c1-2-4-13(16)15(18)17-14-8-9-7-12(14)11-6-3-5-10(9)11/h2,9-14H,1,3-8,16H2,(H,17,18). The molecule has 0 heterocycles. The summed E-state index contributed by atoms with van der Waals surface area (Å²) in [4.78, 5) is 12.0. The van der Waals surface area contributed by atoms with Gasteiger partial charge in [0.25, 0.3) is 0 Å². The van der Waals surface area contributed by atoms with Crippen LogP contribution in [0.3, 0.4) is 0 Å². The van der Waals surface area contributed by atoms with E-state index in [1.807, 2.05) is 0 Å². The molecule has 3 heteroatoms. The first-order valence-corrected chi connectivity index (χ1v) is 7.37. The molecule has 18 heavy (non-hydrogen) atoms. The largest absolute Gasteiger partial charge is 0.352 e. The normalized spacial score (nSPS) is 42.6. The third-order valence-electron chi connectivity index (χ3n) is 5.51. The monoisotopic (exact) mass is 248 g/mol. The van der Waals surface area contributed by atoms with E-state index in [4.69, 9.17) is 5.73 Å². The van der Waals surface area contributed by atoms with Crippen LogP contribution in [-0.4, -0.2) is 18.0 Å². The maximum atomic E-state index is 12.0. The van der Waals surface area contributed by atoms with Gasteiger partial charge in [0.05, 0.1) is 6.04 Å². The summed E-state index contributed by atoms with van der Waals surface area (Å²) >= 11 is 0. The SMILES string of the molecule is C=CCC(N)C(=O)NC1CC2CC1C1CCCC21. The van der Waals surface area contributed by atoms with Gasteiger partial charge in [0.15, 0.2) is 0 Å². The number of hydrogen-bond acceptors (Lipinski definition) is 2. The van der Waals surface area contributed by atoms with Gasteiger partial charge in [-0.2, -0.15) is 0 Å². The van der Waals surface area contributed by atoms with E-state index < -0.39 is 6.04 Å². The lowest BCUT2D eigenvalue weighted by atomic mass is 9.79. The van der Waals surface area contributed by atoms with Crippen LogP contribution in [0.2, 0.25) is 0 Å². The fourth-order valence-corrected chi connectivity index (χ4v) is 4.81. The van der Waals surface area contributed by atoms with Crippen LogP contribution in [0.4, 0.5) is 0 Å². The summed E-state index contributed by atoms with van der Waals surface area (Å²) in [5.41, 5.74) is 5.83. The van der Waals surface area contributed by atoms with Crippen molar-refractivity contribution in [3.8, 4) is 0 Å². The maximum Gasteiger partial charge on any atom is 0.237 e. The molecule has 0 radical (unpaired) electrons. The van der Waals surface area contributed by atoms with E-state index in [1.165, 1.54) is 32.1 Å². The molecule has 2 bridgehead atoms. The minimum atomic E-state index is -0.416. The molecule has 0 aromatic rings. The quantitative estimate of drug-likeness (QED) is 0.746. The summed E-state index contributed by atoms with van der Waals surface area (Å²) < 4.78 is 0. The van der Waals surface area contributed by atoms with Crippen molar-refractivity contribution in [1.82, 2.24) is 5.32 Å². The number of carbonyl (C=O) groups is 1. The molecule has 0 aliphatic heterocycles. The van der Waals surface area contributed by atoms with Crippen LogP contribution in [0.25, 0.3) is 0 Å². The highest BCUT2D eigenvalue weighted by Crippen LogP contribution is 2.58. The molecule has 6 atom stereocenters. The number of carbonyl (C=O) groups excluding carboxylic acids is 1. The summed E-state index contributed by atoms with van der Waals surface area (Å²) in [5.74, 6) is 3.50. The Kier molecular flexibility index (Phi) is 3.18. The minimum Gasteiger partial charge on any atom is -0.352 e. The van der Waals surface area contributed by atoms with Crippen LogP contribution in [0, 0.1) is 23.7 Å². The van der Waals surface area contributed by atoms with Gasteiger partial charge < -0.3 is 11.1 Å². The van der Waals surface area contributed by atoms with Crippen LogP contribution in [0.15, 0.2) is 12.7 Å². The van der Waals surface area contributed by atoms with Crippen molar-refractivity contribution in [3.05, 3.63) is 12.7 Å². The zero-order valence-corrected chi connectivity index (χ0v) is 11.0. The van der Waals surface area contributed by atoms with Crippen LogP contribution < -0.4 is 11.1 Å². The van der Waals surface area contributed by atoms with Gasteiger partial charge in [0, 0.05) is 6.04 Å². The summed E-state index contributed by atoms with van der Waals surface area (Å²) in [6.07, 6.45) is 9.05. The van der Waals surface area contributed by atoms with E-state index in [-0.39, 0.29) is 5.91 Å². The van der Waals surface area contributed by atoms with Crippen LogP contribution >= 0.6 is 0 Å². The molecule has 100 valence electrons. The third kappa shape index (κ3) is 1.89. The van der Waals surface area contributed by atoms with Gasteiger partial charge in [-0.3, -0.25) is 4.79 Å². The first-order valence-electron chi connectivity index (χ1n) is 7.37. The van der Waals surface area contributed by atoms with E-state index in [0.717, 1.165) is 23.7 Å². The van der Waals surface area contributed by atoms with Gasteiger partial charge in [-0.15, -0.1) is 6.58 Å². The summed E-state index contributed by atoms with van der Waals surface area (Å²) in [6, 6.07) is -0.0151. The Labute approximate surface area is 109 Å². The first-order chi connectivity index (χ1) is 8.70. The predicted molar refractivity (Wildman–Crippen MR) is 71.8 cm³/mol. The number of fused-ring (bicyclic) bond motifs is 5. The second-order valence-corrected chi connectivity index (χ2v) is 6.40. The molecule has 0 aromatic carbocycles. The van der Waals surface area contributed by atoms with Gasteiger partial charge in [-0.25, -0.2) is 0 Å². The maximum absolute atomic E-state index is 12.0. The van der Waals surface area contributed by atoms with Gasteiger partial charge in [-0.1, -0.05) is 12.5 Å². The van der Waals surface area contributed by atoms with Gasteiger partial charge in [-0.05, 0) is 55.8 Å². The molecule has 1 amide bonds. The van der Waals surface area contributed by atoms with E-state index in [2.05, 4.69) is 11.9 Å². The number of amides is 1. The Morgan fingerprint density at radius 1 is 1.33 bits per heavy atom. The third-order valence-corrected chi connectivity index (χ3v) is 5.51. The van der Waals surface area contributed by atoms with Gasteiger partial charge in [0.1, 0.15) is 0 Å². The second kappa shape index (κ2) is 4.69. The van der Waals surface area contributed by atoms with Crippen LogP contribution in [0.5, 0.6) is 0 Å². The van der Waals surface area contributed by atoms with Crippen molar-refractivity contribution in [2.24, 2.45) is 29.4 Å². The molecule has 0 saturated heterocycles. The number of hydrogen-bond donors (Lipinski definition) is 2. The highest BCUT2D eigenvalue weighted by molar-refractivity contribution is 5.82. The number of rotatable bonds is 4. The number of nitrogens with one attached hydrogen (secondary N) is 1. The molecular weight excluding hydrogens is 224 g/mol. The molecular formula is C15H24N2O. The zero-order chi connectivity index (χ0) is 12.7. The van der Waals surface area contributed by atoms with E-state index in [0.29, 0.717) is 12.5 Å². The average molecular weight is 248 g/mol. The summed E-state index contributed by atoms with van der Waals surface area (Å²) in [6.45, 7) is 3.64. The van der Waals surface area contributed by atoms with Crippen LogP contribution in [-0.2, 0) is 4.79 Å². The number of nitrogens with two attached hydrogens (primary N) is 1. The first kappa shape index (κ1) is 12.2. The molecule has 3 nitrogen and oxygen atoms in total. The van der Waals surface area contributed by atoms with E-state index >= 15 is 0 Å². The molecule has 3 aliphatic rings. The zero-order valence-electron chi connectivity index (χ0n) is 11.0. The molecule has 3 saturated carbocycles. The van der Waals surface area contributed by atoms with Crippen molar-refractivity contribution in [3.63, 3.8) is 0 Å². The van der Waals surface area contributed by atoms with Crippen molar-refractivity contribution in [2.75, 3.05) is 0 Å². The Hall–Kier alpha value is -0.830. The van der Waals surface area contributed by atoms with Gasteiger partial charge >= 0.3 is 0 Å². The Morgan fingerprint density at radius 3 is 2.89 bits per heavy atom. The molecule has 3 N–H and O–H groups in total. The fraction of sp³-hybridized carbons (Fsp3) is 0.800. The fourth-order valence-electron chi connectivity index (χ4n) is 4.81. The Bertz CT molecular complexity index is 354. The topological polar surface area (TPSA) is 55.1 Å². The highest BCUT2D eigenvalue weighted by atomic mass is 16.2. The van der Waals surface area contributed by atoms with Gasteiger partial charge in [0.2, 0.25) is 5.91 Å². The minimum absolute atomic E-state index is 0.0157. The molecule has 3 rings (SSSR count). The lowest BCUT2D eigenvalue weighted by Gasteiger charge is -2.32. The molecule has 3 aliphatic carbocycles. The van der Waals surface area contributed by atoms with E-state index in [1.54, 1.807) is 6.08 Å². The van der Waals surface area contributed by atoms with Crippen molar-refractivity contribution < 1.29 is 4.79 Å². The van der Waals surface area contributed by atoms with Crippen molar-refractivity contribution in [2.45, 2.75) is 50.6 Å². The smallest absolute Gasteiger partial charge is 0.237 e. The highest BCUT2D eigenvalue weighted by Gasteiger charge is 2.54. The summed E-state index contributed by atoms with van der Waals surface area (Å²) in [7, 11) is 0.